The normalized spacial score (nSPS) is 13.5. The van der Waals surface area contributed by atoms with Crippen LogP contribution in [0.5, 0.6) is 0 Å². The Morgan fingerprint density at radius 2 is 2.07 bits per heavy atom. The van der Waals surface area contributed by atoms with Crippen LogP contribution in [0.2, 0.25) is 0 Å². The van der Waals surface area contributed by atoms with Gasteiger partial charge in [-0.1, -0.05) is 6.92 Å². The van der Waals surface area contributed by atoms with E-state index in [9.17, 15) is 13.2 Å². The number of carbonyl (C=O) groups is 1. The number of sulfone groups is 1. The van der Waals surface area contributed by atoms with Gasteiger partial charge in [-0.25, -0.2) is 8.42 Å². The van der Waals surface area contributed by atoms with Gasteiger partial charge in [-0.05, 0) is 19.8 Å². The number of rotatable bonds is 7. The third-order valence-corrected chi connectivity index (χ3v) is 2.91. The zero-order valence-corrected chi connectivity index (χ0v) is 10.3. The van der Waals surface area contributed by atoms with Crippen molar-refractivity contribution in [3.05, 3.63) is 0 Å². The van der Waals surface area contributed by atoms with Crippen molar-refractivity contribution in [1.29, 1.82) is 0 Å². The molecule has 0 aromatic heterocycles. The SMILES string of the molecule is CCC(C)NOC(=O)CCCS(C)(=O)=O. The van der Waals surface area contributed by atoms with E-state index in [0.29, 0.717) is 6.42 Å². The molecule has 15 heavy (non-hydrogen) atoms. The number of hydroxylamine groups is 1. The second kappa shape index (κ2) is 6.79. The zero-order chi connectivity index (χ0) is 11.9. The van der Waals surface area contributed by atoms with Crippen molar-refractivity contribution in [2.75, 3.05) is 12.0 Å². The Morgan fingerprint density at radius 1 is 1.47 bits per heavy atom. The highest BCUT2D eigenvalue weighted by molar-refractivity contribution is 7.90. The standard InChI is InChI=1S/C9H19NO4S/c1-4-8(2)10-14-9(11)6-5-7-15(3,12)13/h8,10H,4-7H2,1-3H3. The fraction of sp³-hybridized carbons (Fsp3) is 0.889. The molecule has 1 N–H and O–H groups in total. The fourth-order valence-corrected chi connectivity index (χ4v) is 1.45. The third-order valence-electron chi connectivity index (χ3n) is 1.88. The number of carbonyl (C=O) groups excluding carboxylic acids is 1. The van der Waals surface area contributed by atoms with Crippen LogP contribution in [0.4, 0.5) is 0 Å². The second-order valence-electron chi connectivity index (χ2n) is 3.63. The predicted octanol–water partition coefficient (Wildman–Crippen LogP) is 0.658. The van der Waals surface area contributed by atoms with Crippen LogP contribution in [0.3, 0.4) is 0 Å². The van der Waals surface area contributed by atoms with Gasteiger partial charge in [0, 0.05) is 18.7 Å². The van der Waals surface area contributed by atoms with Gasteiger partial charge in [-0.2, -0.15) is 5.48 Å². The van der Waals surface area contributed by atoms with Crippen LogP contribution in [0.15, 0.2) is 0 Å². The number of hydrogen-bond acceptors (Lipinski definition) is 5. The van der Waals surface area contributed by atoms with E-state index in [2.05, 4.69) is 5.48 Å². The number of hydrogen-bond donors (Lipinski definition) is 1. The minimum absolute atomic E-state index is 0.0193. The monoisotopic (exact) mass is 237 g/mol. The van der Waals surface area contributed by atoms with E-state index < -0.39 is 15.8 Å². The topological polar surface area (TPSA) is 72.5 Å². The minimum atomic E-state index is -2.98. The van der Waals surface area contributed by atoms with Crippen LogP contribution in [-0.4, -0.2) is 32.4 Å². The maximum absolute atomic E-state index is 11.1. The van der Waals surface area contributed by atoms with Gasteiger partial charge in [0.25, 0.3) is 0 Å². The minimum Gasteiger partial charge on any atom is -0.370 e. The Morgan fingerprint density at radius 3 is 2.53 bits per heavy atom. The first kappa shape index (κ1) is 14.4. The average molecular weight is 237 g/mol. The van der Waals surface area contributed by atoms with Gasteiger partial charge < -0.3 is 4.84 Å². The average Bonchev–Trinajstić information content (AvgIpc) is 2.12. The van der Waals surface area contributed by atoms with Crippen molar-refractivity contribution in [2.45, 2.75) is 39.2 Å². The van der Waals surface area contributed by atoms with E-state index in [1.165, 1.54) is 0 Å². The van der Waals surface area contributed by atoms with Gasteiger partial charge >= 0.3 is 5.97 Å². The van der Waals surface area contributed by atoms with Crippen molar-refractivity contribution in [1.82, 2.24) is 5.48 Å². The number of nitrogens with one attached hydrogen (secondary N) is 1. The van der Waals surface area contributed by atoms with Crippen molar-refractivity contribution in [3.8, 4) is 0 Å². The van der Waals surface area contributed by atoms with E-state index in [1.807, 2.05) is 13.8 Å². The molecule has 0 aliphatic rings. The molecule has 0 heterocycles. The lowest BCUT2D eigenvalue weighted by atomic mass is 10.3. The van der Waals surface area contributed by atoms with Crippen molar-refractivity contribution < 1.29 is 18.0 Å². The molecule has 0 aromatic rings. The van der Waals surface area contributed by atoms with E-state index in [1.54, 1.807) is 0 Å². The Bertz CT molecular complexity index is 286. The highest BCUT2D eigenvalue weighted by atomic mass is 32.2. The molecule has 0 amide bonds. The van der Waals surface area contributed by atoms with Gasteiger partial charge in [-0.3, -0.25) is 4.79 Å². The Kier molecular flexibility index (Phi) is 6.51. The summed E-state index contributed by atoms with van der Waals surface area (Å²) in [4.78, 5) is 15.8. The summed E-state index contributed by atoms with van der Waals surface area (Å²) in [5.74, 6) is -0.398. The molecule has 0 aliphatic heterocycles. The molecule has 0 rings (SSSR count). The Balaban J connectivity index is 3.59. The molecule has 0 saturated heterocycles. The van der Waals surface area contributed by atoms with E-state index in [4.69, 9.17) is 4.84 Å². The van der Waals surface area contributed by atoms with Gasteiger partial charge in [-0.15, -0.1) is 0 Å². The molecule has 0 bridgehead atoms. The molecule has 0 aromatic carbocycles. The summed E-state index contributed by atoms with van der Waals surface area (Å²) < 4.78 is 21.5. The molecule has 0 saturated carbocycles. The first-order chi connectivity index (χ1) is 6.85. The molecule has 5 nitrogen and oxygen atoms in total. The molecular formula is C9H19NO4S. The molecule has 0 aliphatic carbocycles. The summed E-state index contributed by atoms with van der Waals surface area (Å²) in [5, 5.41) is 0. The molecular weight excluding hydrogens is 218 g/mol. The van der Waals surface area contributed by atoms with Crippen LogP contribution in [0.25, 0.3) is 0 Å². The van der Waals surface area contributed by atoms with E-state index >= 15 is 0 Å². The molecule has 0 spiro atoms. The molecule has 0 fully saturated rings. The maximum Gasteiger partial charge on any atom is 0.324 e. The predicted molar refractivity (Wildman–Crippen MR) is 57.9 cm³/mol. The lowest BCUT2D eigenvalue weighted by Gasteiger charge is -2.10. The van der Waals surface area contributed by atoms with Crippen LogP contribution in [-0.2, 0) is 19.5 Å². The van der Waals surface area contributed by atoms with Crippen LogP contribution < -0.4 is 5.48 Å². The smallest absolute Gasteiger partial charge is 0.324 e. The van der Waals surface area contributed by atoms with Crippen LogP contribution >= 0.6 is 0 Å². The first-order valence-electron chi connectivity index (χ1n) is 4.98. The summed E-state index contributed by atoms with van der Waals surface area (Å²) in [5.41, 5.74) is 2.58. The van der Waals surface area contributed by atoms with Gasteiger partial charge in [0.2, 0.25) is 0 Å². The summed E-state index contributed by atoms with van der Waals surface area (Å²) in [6, 6.07) is 0.115. The Hall–Kier alpha value is -0.620. The summed E-state index contributed by atoms with van der Waals surface area (Å²) in [6.07, 6.45) is 2.43. The highest BCUT2D eigenvalue weighted by Crippen LogP contribution is 1.97. The van der Waals surface area contributed by atoms with Crippen molar-refractivity contribution in [3.63, 3.8) is 0 Å². The lowest BCUT2D eigenvalue weighted by Crippen LogP contribution is -2.28. The van der Waals surface area contributed by atoms with Crippen LogP contribution in [0, 0.1) is 0 Å². The molecule has 6 heteroatoms. The van der Waals surface area contributed by atoms with Gasteiger partial charge in [0.1, 0.15) is 9.84 Å². The first-order valence-corrected chi connectivity index (χ1v) is 7.04. The largest absolute Gasteiger partial charge is 0.370 e. The van der Waals surface area contributed by atoms with E-state index in [-0.39, 0.29) is 18.2 Å². The Labute approximate surface area is 91.1 Å². The lowest BCUT2D eigenvalue weighted by molar-refractivity contribution is -0.152. The summed E-state index contributed by atoms with van der Waals surface area (Å²) >= 11 is 0. The quantitative estimate of drug-likeness (QED) is 0.658. The molecule has 90 valence electrons. The second-order valence-corrected chi connectivity index (χ2v) is 5.89. The molecule has 0 radical (unpaired) electrons. The van der Waals surface area contributed by atoms with E-state index in [0.717, 1.165) is 12.7 Å². The third kappa shape index (κ3) is 9.68. The highest BCUT2D eigenvalue weighted by Gasteiger charge is 2.08. The van der Waals surface area contributed by atoms with Crippen LogP contribution in [0.1, 0.15) is 33.1 Å². The molecule has 1 atom stereocenters. The fourth-order valence-electron chi connectivity index (χ4n) is 0.779. The zero-order valence-electron chi connectivity index (χ0n) is 9.45. The van der Waals surface area contributed by atoms with Gasteiger partial charge in [0.15, 0.2) is 0 Å². The summed E-state index contributed by atoms with van der Waals surface area (Å²) in [7, 11) is -2.98. The summed E-state index contributed by atoms with van der Waals surface area (Å²) in [6.45, 7) is 3.86. The van der Waals surface area contributed by atoms with Gasteiger partial charge in [0.05, 0.1) is 5.75 Å². The van der Waals surface area contributed by atoms with Crippen molar-refractivity contribution in [2.24, 2.45) is 0 Å². The maximum atomic E-state index is 11.1. The van der Waals surface area contributed by atoms with Crippen molar-refractivity contribution >= 4 is 15.8 Å². The molecule has 1 unspecified atom stereocenters.